The fourth-order valence-electron chi connectivity index (χ4n) is 1.70. The second-order valence-corrected chi connectivity index (χ2v) is 5.18. The number of likely N-dealkylation sites (tertiary alicyclic amines) is 1. The lowest BCUT2D eigenvalue weighted by atomic mass is 10.2. The molecule has 0 saturated carbocycles. The van der Waals surface area contributed by atoms with Gasteiger partial charge < -0.3 is 14.7 Å². The molecule has 1 atom stereocenters. The Morgan fingerprint density at radius 2 is 2.27 bits per heavy atom. The van der Waals surface area contributed by atoms with Crippen molar-refractivity contribution in [1.82, 2.24) is 4.90 Å². The van der Waals surface area contributed by atoms with Gasteiger partial charge in [0.05, 0.1) is 11.7 Å². The van der Waals surface area contributed by atoms with E-state index in [0.29, 0.717) is 0 Å². The van der Waals surface area contributed by atoms with Gasteiger partial charge in [-0.2, -0.15) is 12.6 Å². The van der Waals surface area contributed by atoms with Crippen LogP contribution < -0.4 is 0 Å². The van der Waals surface area contributed by atoms with E-state index in [0.717, 1.165) is 44.8 Å². The van der Waals surface area contributed by atoms with Gasteiger partial charge in [0, 0.05) is 32.0 Å². The summed E-state index contributed by atoms with van der Waals surface area (Å²) in [5.41, 5.74) is -0.117. The minimum Gasteiger partial charge on any atom is -0.392 e. The smallest absolute Gasteiger partial charge is 0.0714 e. The molecule has 0 unspecified atom stereocenters. The maximum absolute atomic E-state index is 9.34. The molecule has 0 bridgehead atoms. The molecule has 90 valence electrons. The molecule has 0 aliphatic carbocycles. The van der Waals surface area contributed by atoms with E-state index in [1.54, 1.807) is 0 Å². The van der Waals surface area contributed by atoms with Crippen molar-refractivity contribution in [3.8, 4) is 0 Å². The number of β-amino-alcohol motifs (C(OH)–C–C–N with tert-alkyl or cyclic N) is 1. The van der Waals surface area contributed by atoms with Crippen LogP contribution in [0.3, 0.4) is 0 Å². The Kier molecular flexibility index (Phi) is 5.39. The Hall–Kier alpha value is 0.230. The molecule has 1 aliphatic heterocycles. The molecule has 1 aliphatic rings. The van der Waals surface area contributed by atoms with E-state index in [1.165, 1.54) is 0 Å². The standard InChI is InChI=1S/C11H23NO2S/c1-11(2,9-15)14-7-3-5-12-6-4-10(13)8-12/h10,13,15H,3-9H2,1-2H3/t10-/m0/s1. The van der Waals surface area contributed by atoms with Crippen molar-refractivity contribution >= 4 is 12.6 Å². The maximum atomic E-state index is 9.34. The van der Waals surface area contributed by atoms with Crippen LogP contribution in [0.1, 0.15) is 26.7 Å². The van der Waals surface area contributed by atoms with Crippen LogP contribution in [-0.4, -0.2) is 53.7 Å². The zero-order chi connectivity index (χ0) is 11.3. The zero-order valence-electron chi connectivity index (χ0n) is 9.78. The number of hydrogen-bond acceptors (Lipinski definition) is 4. The summed E-state index contributed by atoms with van der Waals surface area (Å²) in [6.07, 6.45) is 1.84. The molecule has 0 radical (unpaired) electrons. The summed E-state index contributed by atoms with van der Waals surface area (Å²) < 4.78 is 5.70. The van der Waals surface area contributed by atoms with Crippen molar-refractivity contribution in [3.63, 3.8) is 0 Å². The Balaban J connectivity index is 2.02. The van der Waals surface area contributed by atoms with Crippen LogP contribution in [0.25, 0.3) is 0 Å². The molecule has 0 aromatic rings. The van der Waals surface area contributed by atoms with Gasteiger partial charge in [-0.05, 0) is 26.7 Å². The molecule has 4 heteroatoms. The highest BCUT2D eigenvalue weighted by Crippen LogP contribution is 2.12. The van der Waals surface area contributed by atoms with Gasteiger partial charge >= 0.3 is 0 Å². The lowest BCUT2D eigenvalue weighted by molar-refractivity contribution is -0.00272. The Morgan fingerprint density at radius 3 is 2.80 bits per heavy atom. The molecule has 1 rings (SSSR count). The summed E-state index contributed by atoms with van der Waals surface area (Å²) in [5, 5.41) is 9.34. The van der Waals surface area contributed by atoms with Gasteiger partial charge in [-0.15, -0.1) is 0 Å². The summed E-state index contributed by atoms with van der Waals surface area (Å²) in [5.74, 6) is 0.745. The topological polar surface area (TPSA) is 32.7 Å². The Bertz CT molecular complexity index is 187. The predicted octanol–water partition coefficient (Wildman–Crippen LogP) is 1.17. The van der Waals surface area contributed by atoms with E-state index in [9.17, 15) is 5.11 Å². The highest BCUT2D eigenvalue weighted by Gasteiger charge is 2.20. The molecule has 3 nitrogen and oxygen atoms in total. The predicted molar refractivity (Wildman–Crippen MR) is 65.6 cm³/mol. The third kappa shape index (κ3) is 5.20. The minimum absolute atomic E-state index is 0.111. The lowest BCUT2D eigenvalue weighted by Crippen LogP contribution is -2.29. The molecule has 0 aromatic heterocycles. The molecule has 0 amide bonds. The molecule has 1 saturated heterocycles. The van der Waals surface area contributed by atoms with Gasteiger partial charge in [-0.1, -0.05) is 0 Å². The molecule has 1 fully saturated rings. The number of aliphatic hydroxyl groups is 1. The second-order valence-electron chi connectivity index (χ2n) is 4.86. The van der Waals surface area contributed by atoms with Crippen LogP contribution in [0.2, 0.25) is 0 Å². The van der Waals surface area contributed by atoms with Gasteiger partial charge in [0.25, 0.3) is 0 Å². The van der Waals surface area contributed by atoms with Crippen LogP contribution in [0.4, 0.5) is 0 Å². The number of ether oxygens (including phenoxy) is 1. The number of hydrogen-bond donors (Lipinski definition) is 2. The van der Waals surface area contributed by atoms with Gasteiger partial charge in [-0.25, -0.2) is 0 Å². The highest BCUT2D eigenvalue weighted by molar-refractivity contribution is 7.80. The van der Waals surface area contributed by atoms with Crippen LogP contribution in [0.15, 0.2) is 0 Å². The molecule has 1 heterocycles. The monoisotopic (exact) mass is 233 g/mol. The van der Waals surface area contributed by atoms with Crippen molar-refractivity contribution < 1.29 is 9.84 Å². The van der Waals surface area contributed by atoms with Crippen molar-refractivity contribution in [2.24, 2.45) is 0 Å². The fraction of sp³-hybridized carbons (Fsp3) is 1.00. The normalized spacial score (nSPS) is 23.6. The van der Waals surface area contributed by atoms with Crippen LogP contribution in [0, 0.1) is 0 Å². The minimum atomic E-state index is -0.117. The van der Waals surface area contributed by atoms with E-state index in [-0.39, 0.29) is 11.7 Å². The number of rotatable bonds is 6. The first-order valence-electron chi connectivity index (χ1n) is 5.69. The molecule has 1 N–H and O–H groups in total. The quantitative estimate of drug-likeness (QED) is 0.533. The summed E-state index contributed by atoms with van der Waals surface area (Å²) >= 11 is 4.23. The van der Waals surface area contributed by atoms with Crippen molar-refractivity contribution in [2.45, 2.75) is 38.4 Å². The fourth-order valence-corrected chi connectivity index (χ4v) is 1.79. The molecule has 0 aromatic carbocycles. The maximum Gasteiger partial charge on any atom is 0.0714 e. The van der Waals surface area contributed by atoms with Crippen LogP contribution in [0.5, 0.6) is 0 Å². The van der Waals surface area contributed by atoms with Crippen molar-refractivity contribution in [2.75, 3.05) is 32.0 Å². The van der Waals surface area contributed by atoms with Crippen molar-refractivity contribution in [3.05, 3.63) is 0 Å². The first-order valence-corrected chi connectivity index (χ1v) is 6.32. The van der Waals surface area contributed by atoms with E-state index in [4.69, 9.17) is 4.74 Å². The first-order chi connectivity index (χ1) is 7.03. The van der Waals surface area contributed by atoms with Gasteiger partial charge in [0.2, 0.25) is 0 Å². The van der Waals surface area contributed by atoms with E-state index in [2.05, 4.69) is 31.4 Å². The van der Waals surface area contributed by atoms with Gasteiger partial charge in [0.15, 0.2) is 0 Å². The molecular formula is C11H23NO2S. The van der Waals surface area contributed by atoms with Crippen LogP contribution in [-0.2, 0) is 4.74 Å². The van der Waals surface area contributed by atoms with Crippen molar-refractivity contribution in [1.29, 1.82) is 0 Å². The van der Waals surface area contributed by atoms with Gasteiger partial charge in [-0.3, -0.25) is 0 Å². The first kappa shape index (κ1) is 13.3. The third-order valence-corrected chi connectivity index (χ3v) is 3.50. The number of nitrogens with zero attached hydrogens (tertiary/aromatic N) is 1. The summed E-state index contributed by atoms with van der Waals surface area (Å²) in [6, 6.07) is 0. The summed E-state index contributed by atoms with van der Waals surface area (Å²) in [4.78, 5) is 2.29. The zero-order valence-corrected chi connectivity index (χ0v) is 10.7. The van der Waals surface area contributed by atoms with E-state index in [1.807, 2.05) is 0 Å². The SMILES string of the molecule is CC(C)(CS)OCCCN1CC[C@H](O)C1. The summed E-state index contributed by atoms with van der Waals surface area (Å²) in [6.45, 7) is 7.77. The second kappa shape index (κ2) is 6.09. The summed E-state index contributed by atoms with van der Waals surface area (Å²) in [7, 11) is 0. The third-order valence-electron chi connectivity index (χ3n) is 2.74. The van der Waals surface area contributed by atoms with Crippen LogP contribution >= 0.6 is 12.6 Å². The average Bonchev–Trinajstić information content (AvgIpc) is 2.59. The Labute approximate surface area is 98.2 Å². The number of thiol groups is 1. The average molecular weight is 233 g/mol. The largest absolute Gasteiger partial charge is 0.392 e. The lowest BCUT2D eigenvalue weighted by Gasteiger charge is -2.23. The number of aliphatic hydroxyl groups excluding tert-OH is 1. The van der Waals surface area contributed by atoms with E-state index < -0.39 is 0 Å². The van der Waals surface area contributed by atoms with Gasteiger partial charge in [0.1, 0.15) is 0 Å². The molecule has 0 spiro atoms. The highest BCUT2D eigenvalue weighted by atomic mass is 32.1. The molecule has 15 heavy (non-hydrogen) atoms. The Morgan fingerprint density at radius 1 is 1.53 bits per heavy atom. The van der Waals surface area contributed by atoms with E-state index >= 15 is 0 Å². The molecular weight excluding hydrogens is 210 g/mol.